The monoisotopic (exact) mass is 438 g/mol. The number of esters is 1. The van der Waals surface area contributed by atoms with Crippen LogP contribution >= 0.6 is 11.3 Å². The molecule has 0 fully saturated rings. The molecule has 0 amide bonds. The summed E-state index contributed by atoms with van der Waals surface area (Å²) in [5.74, 6) is -0.620. The summed E-state index contributed by atoms with van der Waals surface area (Å²) < 4.78 is 39.1. The van der Waals surface area contributed by atoms with Crippen molar-refractivity contribution in [3.05, 3.63) is 45.8 Å². The number of methoxy groups -OCH3 is 2. The predicted octanol–water partition coefficient (Wildman–Crippen LogP) is 3.04. The number of thiophene rings is 1. The van der Waals surface area contributed by atoms with Crippen LogP contribution in [0.2, 0.25) is 0 Å². The van der Waals surface area contributed by atoms with Gasteiger partial charge in [0.25, 0.3) is 10.0 Å². The van der Waals surface area contributed by atoms with Crippen LogP contribution in [-0.2, 0) is 32.5 Å². The molecule has 0 aliphatic carbocycles. The van der Waals surface area contributed by atoms with E-state index in [1.54, 1.807) is 25.3 Å². The second-order valence-corrected chi connectivity index (χ2v) is 10.1. The predicted molar refractivity (Wildman–Crippen MR) is 113 cm³/mol. The van der Waals surface area contributed by atoms with E-state index in [1.807, 2.05) is 13.0 Å². The zero-order valence-electron chi connectivity index (χ0n) is 17.0. The van der Waals surface area contributed by atoms with Gasteiger partial charge in [-0.1, -0.05) is 12.1 Å². The molecular weight excluding hydrogens is 412 g/mol. The van der Waals surface area contributed by atoms with Crippen molar-refractivity contribution in [1.82, 2.24) is 4.90 Å². The fourth-order valence-electron chi connectivity index (χ4n) is 3.53. The first-order valence-corrected chi connectivity index (χ1v) is 11.6. The van der Waals surface area contributed by atoms with Crippen molar-refractivity contribution >= 4 is 33.0 Å². The summed E-state index contributed by atoms with van der Waals surface area (Å²) in [7, 11) is -1.00. The number of fused-ring (bicyclic) bond motifs is 1. The van der Waals surface area contributed by atoms with E-state index in [2.05, 4.69) is 16.5 Å². The number of nitrogens with zero attached hydrogens (tertiary/aromatic N) is 1. The van der Waals surface area contributed by atoms with Crippen LogP contribution in [0.25, 0.3) is 0 Å². The second-order valence-electron chi connectivity index (χ2n) is 7.16. The Hall–Kier alpha value is -1.94. The van der Waals surface area contributed by atoms with E-state index >= 15 is 0 Å². The molecule has 9 heteroatoms. The van der Waals surface area contributed by atoms with Gasteiger partial charge in [-0.2, -0.15) is 0 Å². The average Bonchev–Trinajstić information content (AvgIpc) is 3.07. The lowest BCUT2D eigenvalue weighted by atomic mass is 10.0. The molecule has 3 rings (SSSR count). The van der Waals surface area contributed by atoms with Gasteiger partial charge in [0.05, 0.1) is 19.3 Å². The molecule has 1 aromatic carbocycles. The minimum atomic E-state index is -3.93. The molecule has 0 bridgehead atoms. The fraction of sp³-hybridized carbons (Fsp3) is 0.450. The Morgan fingerprint density at radius 1 is 1.34 bits per heavy atom. The van der Waals surface area contributed by atoms with Crippen LogP contribution in [0.5, 0.6) is 0 Å². The third-order valence-electron chi connectivity index (χ3n) is 4.99. The van der Waals surface area contributed by atoms with E-state index in [1.165, 1.54) is 7.11 Å². The number of sulfonamides is 1. The number of carbonyl (C=O) groups excluding carboxylic acids is 1. The highest BCUT2D eigenvalue weighted by Crippen LogP contribution is 2.38. The van der Waals surface area contributed by atoms with Crippen molar-refractivity contribution in [3.8, 4) is 0 Å². The van der Waals surface area contributed by atoms with Crippen molar-refractivity contribution in [3.63, 3.8) is 0 Å². The van der Waals surface area contributed by atoms with Gasteiger partial charge >= 0.3 is 5.97 Å². The van der Waals surface area contributed by atoms with Crippen LogP contribution in [0.1, 0.15) is 33.3 Å². The van der Waals surface area contributed by atoms with Gasteiger partial charge in [0.2, 0.25) is 0 Å². The molecule has 1 aliphatic rings. The van der Waals surface area contributed by atoms with E-state index in [0.29, 0.717) is 25.3 Å². The summed E-state index contributed by atoms with van der Waals surface area (Å²) in [5.41, 5.74) is 2.33. The highest BCUT2D eigenvalue weighted by Gasteiger charge is 2.35. The van der Waals surface area contributed by atoms with Gasteiger partial charge in [0.1, 0.15) is 0 Å². The van der Waals surface area contributed by atoms with E-state index in [0.717, 1.165) is 33.9 Å². The van der Waals surface area contributed by atoms with Crippen molar-refractivity contribution in [2.45, 2.75) is 37.1 Å². The molecular formula is C20H26N2O5S2. The largest absolute Gasteiger partial charge is 0.465 e. The Morgan fingerprint density at radius 3 is 2.76 bits per heavy atom. The maximum Gasteiger partial charge on any atom is 0.340 e. The van der Waals surface area contributed by atoms with Crippen LogP contribution in [0.15, 0.2) is 28.5 Å². The number of benzene rings is 1. The molecule has 2 heterocycles. The van der Waals surface area contributed by atoms with Gasteiger partial charge in [-0.15, -0.1) is 11.3 Å². The Morgan fingerprint density at radius 2 is 2.10 bits per heavy atom. The molecule has 1 N–H and O–H groups in total. The number of hydrogen-bond donors (Lipinski definition) is 1. The first-order valence-electron chi connectivity index (χ1n) is 9.32. The highest BCUT2D eigenvalue weighted by atomic mass is 32.2. The number of aryl methyl sites for hydroxylation is 1. The minimum Gasteiger partial charge on any atom is -0.465 e. The maximum atomic E-state index is 13.1. The number of rotatable bonds is 7. The van der Waals surface area contributed by atoms with Crippen LogP contribution in [0.4, 0.5) is 5.69 Å². The van der Waals surface area contributed by atoms with E-state index in [4.69, 9.17) is 9.47 Å². The normalized spacial score (nSPS) is 15.6. The smallest absolute Gasteiger partial charge is 0.340 e. The molecule has 1 aromatic heterocycles. The lowest BCUT2D eigenvalue weighted by Crippen LogP contribution is -2.39. The summed E-state index contributed by atoms with van der Waals surface area (Å²) in [6.45, 7) is 5.85. The number of hydrogen-bond acceptors (Lipinski definition) is 7. The van der Waals surface area contributed by atoms with Crippen molar-refractivity contribution in [1.29, 1.82) is 0 Å². The molecule has 7 nitrogen and oxygen atoms in total. The average molecular weight is 439 g/mol. The first kappa shape index (κ1) is 21.8. The fourth-order valence-corrected chi connectivity index (χ4v) is 6.49. The summed E-state index contributed by atoms with van der Waals surface area (Å²) in [4.78, 5) is 15.6. The van der Waals surface area contributed by atoms with E-state index < -0.39 is 16.0 Å². The highest BCUT2D eigenvalue weighted by molar-refractivity contribution is 7.94. The van der Waals surface area contributed by atoms with Crippen molar-refractivity contribution in [2.75, 3.05) is 32.1 Å². The molecule has 0 saturated heterocycles. The van der Waals surface area contributed by atoms with Gasteiger partial charge in [0, 0.05) is 36.8 Å². The molecule has 1 atom stereocenters. The molecule has 0 saturated carbocycles. The topological polar surface area (TPSA) is 84.9 Å². The van der Waals surface area contributed by atoms with Gasteiger partial charge in [-0.3, -0.25) is 9.62 Å². The summed E-state index contributed by atoms with van der Waals surface area (Å²) in [5, 5.41) is 0. The molecule has 1 aliphatic heterocycles. The zero-order chi connectivity index (χ0) is 21.2. The van der Waals surface area contributed by atoms with E-state index in [9.17, 15) is 13.2 Å². The lowest BCUT2D eigenvalue weighted by molar-refractivity contribution is 0.0593. The minimum absolute atomic E-state index is 0.0112. The van der Waals surface area contributed by atoms with Crippen LogP contribution < -0.4 is 4.72 Å². The maximum absolute atomic E-state index is 13.1. The summed E-state index contributed by atoms with van der Waals surface area (Å²) >= 11 is 1.14. The first-order chi connectivity index (χ1) is 13.8. The number of ether oxygens (including phenoxy) is 2. The van der Waals surface area contributed by atoms with Gasteiger partial charge in [-0.25, -0.2) is 13.2 Å². The Balaban J connectivity index is 1.99. The van der Waals surface area contributed by atoms with Crippen molar-refractivity contribution < 1.29 is 22.7 Å². The number of carbonyl (C=O) groups is 1. The summed E-state index contributed by atoms with van der Waals surface area (Å²) in [6.07, 6.45) is 0.588. The second kappa shape index (κ2) is 8.83. The quantitative estimate of drug-likeness (QED) is 0.669. The van der Waals surface area contributed by atoms with Gasteiger partial charge < -0.3 is 9.47 Å². The lowest BCUT2D eigenvalue weighted by Gasteiger charge is -2.32. The van der Waals surface area contributed by atoms with Gasteiger partial charge in [0.15, 0.2) is 4.21 Å². The Kier molecular flexibility index (Phi) is 6.62. The Labute approximate surface area is 175 Å². The Bertz CT molecular complexity index is 1000. The summed E-state index contributed by atoms with van der Waals surface area (Å²) in [6, 6.07) is 7.30. The molecule has 1 unspecified atom stereocenters. The van der Waals surface area contributed by atoms with Crippen LogP contribution in [0.3, 0.4) is 0 Å². The number of nitrogens with one attached hydrogen (secondary N) is 1. The molecule has 0 radical (unpaired) electrons. The zero-order valence-corrected chi connectivity index (χ0v) is 18.7. The molecule has 2 aromatic rings. The SMILES string of the molecule is COCC(C)N1CCc2c(sc(S(=O)(=O)Nc3cccc(C)c3)c2C(=O)OC)C1. The molecule has 158 valence electrons. The van der Waals surface area contributed by atoms with E-state index in [-0.39, 0.29) is 15.8 Å². The van der Waals surface area contributed by atoms with Crippen molar-refractivity contribution in [2.24, 2.45) is 0 Å². The third-order valence-corrected chi connectivity index (χ3v) is 8.11. The van der Waals surface area contributed by atoms with Gasteiger partial charge in [-0.05, 0) is 43.5 Å². The van der Waals surface area contributed by atoms with Crippen LogP contribution in [0, 0.1) is 6.92 Å². The molecule has 0 spiro atoms. The molecule has 29 heavy (non-hydrogen) atoms. The van der Waals surface area contributed by atoms with Crippen LogP contribution in [-0.4, -0.2) is 52.7 Å². The standard InChI is InChI=1S/C20H26N2O5S2/c1-13-6-5-7-15(10-13)21-29(24,25)20-18(19(23)27-4)16-8-9-22(11-17(16)28-20)14(2)12-26-3/h5-7,10,14,21H,8-9,11-12H2,1-4H3. The number of anilines is 1. The third kappa shape index (κ3) is 4.63.